The molecule has 0 aliphatic heterocycles. The van der Waals surface area contributed by atoms with Crippen molar-refractivity contribution in [1.82, 2.24) is 5.01 Å². The van der Waals surface area contributed by atoms with Crippen LogP contribution in [0.4, 0.5) is 0 Å². The zero-order chi connectivity index (χ0) is 11.5. The molecule has 0 aliphatic carbocycles. The van der Waals surface area contributed by atoms with Gasteiger partial charge in [0.25, 0.3) is 0 Å². The van der Waals surface area contributed by atoms with Gasteiger partial charge in [-0.05, 0) is 33.1 Å². The van der Waals surface area contributed by atoms with Crippen LogP contribution in [0, 0.1) is 5.21 Å². The van der Waals surface area contributed by atoms with Gasteiger partial charge in [0.1, 0.15) is 6.61 Å². The molecule has 0 aliphatic rings. The number of hydrogen-bond acceptors (Lipinski definition) is 4. The first-order valence-corrected chi connectivity index (χ1v) is 5.42. The lowest BCUT2D eigenvalue weighted by Gasteiger charge is -2.13. The van der Waals surface area contributed by atoms with E-state index in [0.717, 1.165) is 19.3 Å². The molecule has 0 saturated carbocycles. The Labute approximate surface area is 90.7 Å². The molecule has 0 saturated heterocycles. The monoisotopic (exact) mass is 219 g/mol. The summed E-state index contributed by atoms with van der Waals surface area (Å²) in [5.41, 5.74) is 0. The highest BCUT2D eigenvalue weighted by atomic mass is 16.7. The maximum atomic E-state index is 11.2. The molecule has 0 aromatic heterocycles. The summed E-state index contributed by atoms with van der Waals surface area (Å²) in [6.45, 7) is 5.59. The second-order valence-corrected chi connectivity index (χ2v) is 3.09. The molecule has 0 bridgehead atoms. The van der Waals surface area contributed by atoms with Crippen molar-refractivity contribution in [3.05, 3.63) is 5.21 Å². The van der Waals surface area contributed by atoms with Crippen molar-refractivity contribution < 1.29 is 14.9 Å². The molecule has 0 unspecified atom stereocenters. The van der Waals surface area contributed by atoms with E-state index in [9.17, 15) is 5.21 Å². The molecular formula is C9H21N3O3. The Morgan fingerprint density at radius 3 is 2.47 bits per heavy atom. The maximum absolute atomic E-state index is 11.2. The average Bonchev–Trinajstić information content (AvgIpc) is 2.25. The van der Waals surface area contributed by atoms with Crippen LogP contribution in [-0.2, 0) is 4.84 Å². The Bertz CT molecular complexity index is 172. The highest BCUT2D eigenvalue weighted by molar-refractivity contribution is 4.37. The number of hydrogen-bond donors (Lipinski definition) is 1. The molecule has 0 aromatic rings. The Morgan fingerprint density at radius 1 is 1.27 bits per heavy atom. The molecule has 0 aromatic carbocycles. The number of unbranched alkanes of at least 4 members (excludes halogenated alkanes) is 2. The van der Waals surface area contributed by atoms with Gasteiger partial charge < -0.3 is 15.2 Å². The standard InChI is InChI=1S/C9H21N3O3/c1-3-11(4-2)12(14)10-15-9-7-5-6-8-13/h13H,3-9H2,1-2H3/b12-10-. The lowest BCUT2D eigenvalue weighted by atomic mass is 10.2. The predicted octanol–water partition coefficient (Wildman–Crippen LogP) is 1.30. The van der Waals surface area contributed by atoms with Crippen molar-refractivity contribution in [2.75, 3.05) is 26.3 Å². The van der Waals surface area contributed by atoms with Gasteiger partial charge in [-0.2, -0.15) is 0 Å². The Kier molecular flexibility index (Phi) is 8.85. The van der Waals surface area contributed by atoms with E-state index in [1.165, 1.54) is 5.01 Å². The van der Waals surface area contributed by atoms with Crippen LogP contribution in [0.2, 0.25) is 0 Å². The largest absolute Gasteiger partial charge is 0.569 e. The Hall–Kier alpha value is -1.04. The Morgan fingerprint density at radius 2 is 1.93 bits per heavy atom. The molecule has 0 spiro atoms. The van der Waals surface area contributed by atoms with E-state index < -0.39 is 0 Å². The number of aliphatic hydroxyl groups excluding tert-OH is 1. The second-order valence-electron chi connectivity index (χ2n) is 3.09. The van der Waals surface area contributed by atoms with Crippen molar-refractivity contribution in [3.8, 4) is 0 Å². The van der Waals surface area contributed by atoms with Crippen LogP contribution in [0.25, 0.3) is 0 Å². The van der Waals surface area contributed by atoms with Crippen molar-refractivity contribution in [3.63, 3.8) is 0 Å². The summed E-state index contributed by atoms with van der Waals surface area (Å²) < 4.78 is 0. The molecule has 0 amide bonds. The first kappa shape index (κ1) is 14.0. The number of rotatable bonds is 9. The smallest absolute Gasteiger partial charge is 0.233 e. The summed E-state index contributed by atoms with van der Waals surface area (Å²) in [7, 11) is 0. The van der Waals surface area contributed by atoms with Crippen LogP contribution in [0.5, 0.6) is 0 Å². The van der Waals surface area contributed by atoms with Crippen molar-refractivity contribution >= 4 is 0 Å². The van der Waals surface area contributed by atoms with Gasteiger partial charge in [0.05, 0.1) is 18.1 Å². The topological polar surface area (TPSA) is 71.1 Å². The van der Waals surface area contributed by atoms with E-state index >= 15 is 0 Å². The minimum atomic E-state index is 0.199. The van der Waals surface area contributed by atoms with Gasteiger partial charge in [-0.3, -0.25) is 0 Å². The van der Waals surface area contributed by atoms with Gasteiger partial charge in [0.15, 0.2) is 0 Å². The van der Waals surface area contributed by atoms with Crippen LogP contribution in [0.1, 0.15) is 33.1 Å². The van der Waals surface area contributed by atoms with Gasteiger partial charge in [-0.1, -0.05) is 0 Å². The van der Waals surface area contributed by atoms with E-state index in [0.29, 0.717) is 24.7 Å². The van der Waals surface area contributed by atoms with Gasteiger partial charge in [0, 0.05) is 6.61 Å². The summed E-state index contributed by atoms with van der Waals surface area (Å²) >= 11 is 0. The van der Waals surface area contributed by atoms with Crippen LogP contribution < -0.4 is 0 Å². The molecule has 90 valence electrons. The van der Waals surface area contributed by atoms with Crippen molar-refractivity contribution in [1.29, 1.82) is 0 Å². The molecular weight excluding hydrogens is 198 g/mol. The van der Waals surface area contributed by atoms with Gasteiger partial charge in [-0.15, -0.1) is 5.01 Å². The van der Waals surface area contributed by atoms with Gasteiger partial charge >= 0.3 is 0 Å². The fourth-order valence-electron chi connectivity index (χ4n) is 1.06. The first-order chi connectivity index (χ1) is 7.26. The second kappa shape index (κ2) is 9.51. The summed E-state index contributed by atoms with van der Waals surface area (Å²) in [5, 5.41) is 24.6. The summed E-state index contributed by atoms with van der Waals surface area (Å²) in [4.78, 5) is 5.32. The van der Waals surface area contributed by atoms with Crippen LogP contribution in [-0.4, -0.2) is 41.4 Å². The molecule has 0 fully saturated rings. The van der Waals surface area contributed by atoms with Gasteiger partial charge in [0.2, 0.25) is 5.28 Å². The molecule has 6 nitrogen and oxygen atoms in total. The fraction of sp³-hybridized carbons (Fsp3) is 1.00. The van der Waals surface area contributed by atoms with Crippen LogP contribution in [0.3, 0.4) is 0 Å². The highest BCUT2D eigenvalue weighted by Crippen LogP contribution is 1.96. The van der Waals surface area contributed by atoms with Crippen molar-refractivity contribution in [2.24, 2.45) is 5.28 Å². The van der Waals surface area contributed by atoms with E-state index in [4.69, 9.17) is 9.94 Å². The molecule has 0 heterocycles. The molecule has 0 rings (SSSR count). The minimum Gasteiger partial charge on any atom is -0.569 e. The van der Waals surface area contributed by atoms with E-state index in [1.807, 2.05) is 13.8 Å². The quantitative estimate of drug-likeness (QED) is 0.274. The van der Waals surface area contributed by atoms with E-state index in [-0.39, 0.29) is 6.61 Å². The van der Waals surface area contributed by atoms with Crippen molar-refractivity contribution in [2.45, 2.75) is 33.1 Å². The summed E-state index contributed by atoms with van der Waals surface area (Å²) in [5.74, 6) is 0. The van der Waals surface area contributed by atoms with Crippen LogP contribution >= 0.6 is 0 Å². The third kappa shape index (κ3) is 6.96. The lowest BCUT2D eigenvalue weighted by Crippen LogP contribution is -2.30. The molecule has 15 heavy (non-hydrogen) atoms. The first-order valence-electron chi connectivity index (χ1n) is 5.42. The highest BCUT2D eigenvalue weighted by Gasteiger charge is 2.06. The normalized spacial score (nSPS) is 11.5. The minimum absolute atomic E-state index is 0.199. The zero-order valence-corrected chi connectivity index (χ0v) is 9.56. The molecule has 1 N–H and O–H groups in total. The Balaban J connectivity index is 3.57. The number of nitrogens with zero attached hydrogens (tertiary/aromatic N) is 3. The number of aliphatic hydroxyl groups is 1. The predicted molar refractivity (Wildman–Crippen MR) is 55.9 cm³/mol. The molecule has 0 atom stereocenters. The van der Waals surface area contributed by atoms with E-state index in [1.54, 1.807) is 0 Å². The summed E-state index contributed by atoms with van der Waals surface area (Å²) in [6, 6.07) is 0. The van der Waals surface area contributed by atoms with Crippen LogP contribution in [0.15, 0.2) is 5.28 Å². The third-order valence-electron chi connectivity index (χ3n) is 1.99. The lowest BCUT2D eigenvalue weighted by molar-refractivity contribution is -0.710. The third-order valence-corrected chi connectivity index (χ3v) is 1.99. The SMILES string of the molecule is CCN(CC)/[N+]([O-])=N/OCCCCCO. The van der Waals surface area contributed by atoms with Gasteiger partial charge in [-0.25, -0.2) is 0 Å². The van der Waals surface area contributed by atoms with E-state index in [2.05, 4.69) is 5.28 Å². The number of hydrazine groups is 1. The molecule has 0 radical (unpaired) electrons. The summed E-state index contributed by atoms with van der Waals surface area (Å²) in [6.07, 6.45) is 2.45. The fourth-order valence-corrected chi connectivity index (χ4v) is 1.06. The average molecular weight is 219 g/mol. The maximum Gasteiger partial charge on any atom is 0.233 e. The zero-order valence-electron chi connectivity index (χ0n) is 9.56. The molecule has 6 heteroatoms.